The van der Waals surface area contributed by atoms with Crippen molar-refractivity contribution in [1.29, 1.82) is 0 Å². The zero-order chi connectivity index (χ0) is 17.9. The molecule has 0 N–H and O–H groups in total. The van der Waals surface area contributed by atoms with E-state index in [4.69, 9.17) is 18.9 Å². The summed E-state index contributed by atoms with van der Waals surface area (Å²) in [7, 11) is 0. The maximum absolute atomic E-state index is 6.29. The topological polar surface area (TPSA) is 36.9 Å². The average molecular weight is 354 g/mol. The van der Waals surface area contributed by atoms with Gasteiger partial charge in [0.2, 0.25) is 0 Å². The van der Waals surface area contributed by atoms with E-state index in [1.54, 1.807) is 0 Å². The fourth-order valence-electron chi connectivity index (χ4n) is 3.93. The Morgan fingerprint density at radius 3 is 2.35 bits per heavy atom. The molecule has 6 atom stereocenters. The largest absolute Gasteiger partial charge is 0.370 e. The van der Waals surface area contributed by atoms with E-state index in [1.807, 2.05) is 48.5 Å². The molecule has 0 spiro atoms. The molecular formula is C22H26O4. The van der Waals surface area contributed by atoms with Crippen molar-refractivity contribution in [2.45, 2.75) is 51.2 Å². The molecule has 4 rings (SSSR count). The summed E-state index contributed by atoms with van der Waals surface area (Å²) in [4.78, 5) is 0. The van der Waals surface area contributed by atoms with Gasteiger partial charge >= 0.3 is 0 Å². The summed E-state index contributed by atoms with van der Waals surface area (Å²) in [6.07, 6.45) is -0.421. The Bertz CT molecular complexity index is 690. The summed E-state index contributed by atoms with van der Waals surface area (Å²) in [6.45, 7) is 5.40. The van der Waals surface area contributed by atoms with Crippen molar-refractivity contribution in [2.24, 2.45) is 5.92 Å². The van der Waals surface area contributed by atoms with Crippen LogP contribution in [0.2, 0.25) is 0 Å². The third kappa shape index (κ3) is 3.69. The lowest BCUT2D eigenvalue weighted by atomic mass is 9.87. The van der Waals surface area contributed by atoms with Gasteiger partial charge in [-0.05, 0) is 12.5 Å². The maximum atomic E-state index is 6.29. The van der Waals surface area contributed by atoms with Gasteiger partial charge in [-0.15, -0.1) is 0 Å². The van der Waals surface area contributed by atoms with Crippen LogP contribution in [0.15, 0.2) is 60.7 Å². The highest BCUT2D eigenvalue weighted by Gasteiger charge is 2.46. The van der Waals surface area contributed by atoms with Crippen LogP contribution in [-0.4, -0.2) is 31.0 Å². The second-order valence-electron chi connectivity index (χ2n) is 7.18. The van der Waals surface area contributed by atoms with Gasteiger partial charge in [0, 0.05) is 11.5 Å². The molecule has 2 aromatic carbocycles. The number of hydrogen-bond donors (Lipinski definition) is 0. The van der Waals surface area contributed by atoms with Crippen molar-refractivity contribution in [3.8, 4) is 0 Å². The molecule has 0 aliphatic carbocycles. The predicted octanol–water partition coefficient (Wildman–Crippen LogP) is 4.11. The molecular weight excluding hydrogens is 328 g/mol. The minimum atomic E-state index is -0.341. The Labute approximate surface area is 155 Å². The van der Waals surface area contributed by atoms with Crippen LogP contribution in [0.5, 0.6) is 0 Å². The van der Waals surface area contributed by atoms with Crippen LogP contribution < -0.4 is 0 Å². The Morgan fingerprint density at radius 2 is 1.62 bits per heavy atom. The molecule has 0 radical (unpaired) electrons. The van der Waals surface area contributed by atoms with E-state index >= 15 is 0 Å². The molecule has 4 nitrogen and oxygen atoms in total. The first-order chi connectivity index (χ1) is 12.7. The highest BCUT2D eigenvalue weighted by Crippen LogP contribution is 2.37. The van der Waals surface area contributed by atoms with Gasteiger partial charge in [-0.2, -0.15) is 0 Å². The third-order valence-electron chi connectivity index (χ3n) is 5.30. The van der Waals surface area contributed by atoms with Gasteiger partial charge in [0.25, 0.3) is 0 Å². The number of fused-ring (bicyclic) bond motifs is 1. The lowest BCUT2D eigenvalue weighted by Gasteiger charge is -2.48. The highest BCUT2D eigenvalue weighted by molar-refractivity contribution is 5.17. The van der Waals surface area contributed by atoms with Gasteiger partial charge in [0.15, 0.2) is 6.29 Å². The Hall–Kier alpha value is -1.72. The zero-order valence-electron chi connectivity index (χ0n) is 15.3. The standard InChI is InChI=1S/C22H26O4/c1-15-20(23-13-17-9-5-3-6-10-17)16(2)25-19-14-24-22(26-21(15)19)18-11-7-4-8-12-18/h3-12,15-16,19-22H,13-14H2,1-2H3/t15-,16+,19?,20?,21-,22?/m1/s1. The third-order valence-corrected chi connectivity index (χ3v) is 5.30. The molecule has 2 fully saturated rings. The molecule has 2 aliphatic rings. The van der Waals surface area contributed by atoms with Crippen LogP contribution in [-0.2, 0) is 25.6 Å². The van der Waals surface area contributed by atoms with E-state index in [1.165, 1.54) is 5.56 Å². The quantitative estimate of drug-likeness (QED) is 0.828. The molecule has 0 aromatic heterocycles. The summed E-state index contributed by atoms with van der Waals surface area (Å²) >= 11 is 0. The molecule has 4 heteroatoms. The minimum absolute atomic E-state index is 0.00835. The van der Waals surface area contributed by atoms with E-state index in [0.717, 1.165) is 5.56 Å². The van der Waals surface area contributed by atoms with Crippen molar-refractivity contribution < 1.29 is 18.9 Å². The molecule has 0 bridgehead atoms. The van der Waals surface area contributed by atoms with Crippen molar-refractivity contribution in [3.63, 3.8) is 0 Å². The highest BCUT2D eigenvalue weighted by atomic mass is 16.7. The molecule has 3 unspecified atom stereocenters. The van der Waals surface area contributed by atoms with E-state index in [2.05, 4.69) is 26.0 Å². The Balaban J connectivity index is 1.44. The van der Waals surface area contributed by atoms with E-state index < -0.39 is 0 Å². The predicted molar refractivity (Wildman–Crippen MR) is 98.5 cm³/mol. The summed E-state index contributed by atoms with van der Waals surface area (Å²) in [5.41, 5.74) is 2.21. The van der Waals surface area contributed by atoms with Crippen LogP contribution >= 0.6 is 0 Å². The number of benzene rings is 2. The normalized spacial score (nSPS) is 34.2. The number of rotatable bonds is 4. The summed E-state index contributed by atoms with van der Waals surface area (Å²) < 4.78 is 24.6. The molecule has 2 saturated heterocycles. The SMILES string of the molecule is C[C@@H]1OC2COC(c3ccccc3)O[C@@H]2[C@H](C)C1OCc1ccccc1. The fraction of sp³-hybridized carbons (Fsp3) is 0.455. The van der Waals surface area contributed by atoms with E-state index in [-0.39, 0.29) is 36.6 Å². The van der Waals surface area contributed by atoms with Crippen LogP contribution in [0.1, 0.15) is 31.3 Å². The summed E-state index contributed by atoms with van der Waals surface area (Å²) in [5, 5.41) is 0. The van der Waals surface area contributed by atoms with Crippen LogP contribution in [0.3, 0.4) is 0 Å². The number of hydrogen-bond acceptors (Lipinski definition) is 4. The first kappa shape index (κ1) is 17.7. The fourth-order valence-corrected chi connectivity index (χ4v) is 3.93. The minimum Gasteiger partial charge on any atom is -0.370 e. The first-order valence-electron chi connectivity index (χ1n) is 9.35. The van der Waals surface area contributed by atoms with Gasteiger partial charge in [-0.3, -0.25) is 0 Å². The van der Waals surface area contributed by atoms with Crippen molar-refractivity contribution in [2.75, 3.05) is 6.61 Å². The second kappa shape index (κ2) is 7.89. The van der Waals surface area contributed by atoms with Crippen molar-refractivity contribution in [3.05, 3.63) is 71.8 Å². The summed E-state index contributed by atoms with van der Waals surface area (Å²) in [5.74, 6) is 0.225. The molecule has 2 heterocycles. The molecule has 0 saturated carbocycles. The van der Waals surface area contributed by atoms with Gasteiger partial charge < -0.3 is 18.9 Å². The Morgan fingerprint density at radius 1 is 0.923 bits per heavy atom. The van der Waals surface area contributed by atoms with Gasteiger partial charge in [-0.25, -0.2) is 0 Å². The van der Waals surface area contributed by atoms with Crippen LogP contribution in [0, 0.1) is 5.92 Å². The monoisotopic (exact) mass is 354 g/mol. The van der Waals surface area contributed by atoms with Crippen molar-refractivity contribution >= 4 is 0 Å². The van der Waals surface area contributed by atoms with E-state index in [0.29, 0.717) is 13.2 Å². The van der Waals surface area contributed by atoms with Crippen LogP contribution in [0.25, 0.3) is 0 Å². The zero-order valence-corrected chi connectivity index (χ0v) is 15.3. The number of ether oxygens (including phenoxy) is 4. The average Bonchev–Trinajstić information content (AvgIpc) is 2.69. The Kier molecular flexibility index (Phi) is 5.36. The molecule has 2 aliphatic heterocycles. The molecule has 26 heavy (non-hydrogen) atoms. The lowest BCUT2D eigenvalue weighted by Crippen LogP contribution is -2.57. The van der Waals surface area contributed by atoms with Gasteiger partial charge in [-0.1, -0.05) is 67.6 Å². The molecule has 0 amide bonds. The second-order valence-corrected chi connectivity index (χ2v) is 7.18. The maximum Gasteiger partial charge on any atom is 0.184 e. The smallest absolute Gasteiger partial charge is 0.184 e. The molecule has 2 aromatic rings. The van der Waals surface area contributed by atoms with E-state index in [9.17, 15) is 0 Å². The summed E-state index contributed by atoms with van der Waals surface area (Å²) in [6, 6.07) is 20.3. The van der Waals surface area contributed by atoms with Crippen molar-refractivity contribution in [1.82, 2.24) is 0 Å². The van der Waals surface area contributed by atoms with Gasteiger partial charge in [0.05, 0.1) is 31.5 Å². The first-order valence-corrected chi connectivity index (χ1v) is 9.35. The lowest BCUT2D eigenvalue weighted by molar-refractivity contribution is -0.319. The van der Waals surface area contributed by atoms with Gasteiger partial charge in [0.1, 0.15) is 6.10 Å². The van der Waals surface area contributed by atoms with Crippen LogP contribution in [0.4, 0.5) is 0 Å². The molecule has 138 valence electrons.